The van der Waals surface area contributed by atoms with Crippen LogP contribution in [0.4, 0.5) is 5.13 Å². The Labute approximate surface area is 160 Å². The second kappa shape index (κ2) is 8.50. The molecule has 0 spiro atoms. The molecule has 8 heteroatoms. The zero-order chi connectivity index (χ0) is 19.2. The molecule has 0 fully saturated rings. The van der Waals surface area contributed by atoms with Gasteiger partial charge in [0.15, 0.2) is 16.5 Å². The number of carbonyl (C=O) groups excluding carboxylic acids is 1. The number of benzene rings is 2. The van der Waals surface area contributed by atoms with E-state index in [-0.39, 0.29) is 12.5 Å². The average Bonchev–Trinajstić information content (AvgIpc) is 3.14. The lowest BCUT2D eigenvalue weighted by molar-refractivity contribution is 0.102. The first-order chi connectivity index (χ1) is 13.1. The van der Waals surface area contributed by atoms with Gasteiger partial charge in [0.25, 0.3) is 5.91 Å². The standard InChI is InChI=1S/C19H19N3O4S/c1-12-4-7-14(8-5-12)26-11-17-21-22-19(27-17)20-18(23)13-6-9-15(24-2)16(10-13)25-3/h4-10H,11H2,1-3H3,(H,20,22,23). The molecule has 1 amide bonds. The Morgan fingerprint density at radius 2 is 1.78 bits per heavy atom. The number of nitrogens with zero attached hydrogens (tertiary/aromatic N) is 2. The van der Waals surface area contributed by atoms with E-state index in [1.165, 1.54) is 24.0 Å². The maximum Gasteiger partial charge on any atom is 0.257 e. The van der Waals surface area contributed by atoms with Crippen LogP contribution in [-0.2, 0) is 6.61 Å². The van der Waals surface area contributed by atoms with Crippen LogP contribution in [0.5, 0.6) is 17.2 Å². The molecular weight excluding hydrogens is 366 g/mol. The fourth-order valence-corrected chi connectivity index (χ4v) is 2.94. The molecule has 0 radical (unpaired) electrons. The molecule has 0 bridgehead atoms. The first-order valence-electron chi connectivity index (χ1n) is 8.14. The summed E-state index contributed by atoms with van der Waals surface area (Å²) in [7, 11) is 3.06. The zero-order valence-electron chi connectivity index (χ0n) is 15.2. The number of rotatable bonds is 7. The Morgan fingerprint density at radius 3 is 2.48 bits per heavy atom. The first kappa shape index (κ1) is 18.7. The van der Waals surface area contributed by atoms with Crippen LogP contribution < -0.4 is 19.5 Å². The summed E-state index contributed by atoms with van der Waals surface area (Å²) in [6, 6.07) is 12.7. The predicted molar refractivity (Wildman–Crippen MR) is 103 cm³/mol. The maximum atomic E-state index is 12.4. The van der Waals surface area contributed by atoms with Crippen molar-refractivity contribution in [1.29, 1.82) is 0 Å². The van der Waals surface area contributed by atoms with E-state index in [0.717, 1.165) is 5.75 Å². The van der Waals surface area contributed by atoms with Gasteiger partial charge in [-0.3, -0.25) is 10.1 Å². The number of aryl methyl sites for hydroxylation is 1. The molecule has 27 heavy (non-hydrogen) atoms. The van der Waals surface area contributed by atoms with Crippen LogP contribution in [0.2, 0.25) is 0 Å². The van der Waals surface area contributed by atoms with E-state index >= 15 is 0 Å². The second-order valence-electron chi connectivity index (χ2n) is 5.63. The fraction of sp³-hybridized carbons (Fsp3) is 0.211. The van der Waals surface area contributed by atoms with E-state index < -0.39 is 0 Å². The molecule has 1 N–H and O–H groups in total. The highest BCUT2D eigenvalue weighted by Crippen LogP contribution is 2.28. The number of methoxy groups -OCH3 is 2. The smallest absolute Gasteiger partial charge is 0.257 e. The van der Waals surface area contributed by atoms with Gasteiger partial charge in [-0.2, -0.15) is 0 Å². The summed E-state index contributed by atoms with van der Waals surface area (Å²) >= 11 is 1.26. The van der Waals surface area contributed by atoms with Crippen molar-refractivity contribution in [2.45, 2.75) is 13.5 Å². The van der Waals surface area contributed by atoms with Gasteiger partial charge in [-0.15, -0.1) is 10.2 Å². The minimum atomic E-state index is -0.307. The number of hydrogen-bond donors (Lipinski definition) is 1. The van der Waals surface area contributed by atoms with Gasteiger partial charge in [-0.25, -0.2) is 0 Å². The van der Waals surface area contributed by atoms with Crippen LogP contribution in [0.25, 0.3) is 0 Å². The molecule has 0 unspecified atom stereocenters. The molecule has 1 aromatic heterocycles. The topological polar surface area (TPSA) is 82.6 Å². The van der Waals surface area contributed by atoms with E-state index in [1.807, 2.05) is 31.2 Å². The average molecular weight is 385 g/mol. The van der Waals surface area contributed by atoms with Crippen molar-refractivity contribution in [2.75, 3.05) is 19.5 Å². The molecule has 140 valence electrons. The van der Waals surface area contributed by atoms with E-state index in [2.05, 4.69) is 15.5 Å². The number of amides is 1. The Hall–Kier alpha value is -3.13. The third kappa shape index (κ3) is 4.73. The fourth-order valence-electron chi connectivity index (χ4n) is 2.29. The highest BCUT2D eigenvalue weighted by Gasteiger charge is 2.13. The monoisotopic (exact) mass is 385 g/mol. The van der Waals surface area contributed by atoms with Crippen molar-refractivity contribution in [2.24, 2.45) is 0 Å². The van der Waals surface area contributed by atoms with Crippen LogP contribution in [0, 0.1) is 6.92 Å². The SMILES string of the molecule is COc1ccc(C(=O)Nc2nnc(COc3ccc(C)cc3)s2)cc1OC. The number of aromatic nitrogens is 2. The number of carbonyl (C=O) groups is 1. The van der Waals surface area contributed by atoms with Crippen LogP contribution in [0.3, 0.4) is 0 Å². The normalized spacial score (nSPS) is 10.3. The maximum absolute atomic E-state index is 12.4. The number of ether oxygens (including phenoxy) is 3. The minimum absolute atomic E-state index is 0.285. The summed E-state index contributed by atoms with van der Waals surface area (Å²) < 4.78 is 16.1. The molecule has 3 rings (SSSR count). The van der Waals surface area contributed by atoms with Crippen molar-refractivity contribution in [1.82, 2.24) is 10.2 Å². The third-order valence-corrected chi connectivity index (χ3v) is 4.53. The Bertz CT molecular complexity index is 925. The molecule has 0 aliphatic rings. The molecule has 0 aliphatic heterocycles. The molecule has 0 saturated heterocycles. The summed E-state index contributed by atoms with van der Waals surface area (Å²) in [5, 5.41) is 11.8. The molecule has 0 aliphatic carbocycles. The lowest BCUT2D eigenvalue weighted by Crippen LogP contribution is -2.12. The summed E-state index contributed by atoms with van der Waals surface area (Å²) in [5.41, 5.74) is 1.60. The largest absolute Gasteiger partial charge is 0.493 e. The van der Waals surface area contributed by atoms with Crippen molar-refractivity contribution in [3.8, 4) is 17.2 Å². The van der Waals surface area contributed by atoms with Crippen molar-refractivity contribution >= 4 is 22.4 Å². The molecule has 7 nitrogen and oxygen atoms in total. The highest BCUT2D eigenvalue weighted by molar-refractivity contribution is 7.15. The number of anilines is 1. The second-order valence-corrected chi connectivity index (χ2v) is 6.69. The number of nitrogens with one attached hydrogen (secondary N) is 1. The van der Waals surface area contributed by atoms with Gasteiger partial charge < -0.3 is 14.2 Å². The lowest BCUT2D eigenvalue weighted by atomic mass is 10.2. The van der Waals surface area contributed by atoms with Crippen LogP contribution >= 0.6 is 11.3 Å². The molecule has 2 aromatic carbocycles. The third-order valence-electron chi connectivity index (χ3n) is 3.72. The van der Waals surface area contributed by atoms with Gasteiger partial charge in [-0.05, 0) is 37.3 Å². The molecule has 0 saturated carbocycles. The minimum Gasteiger partial charge on any atom is -0.493 e. The molecule has 3 aromatic rings. The van der Waals surface area contributed by atoms with Gasteiger partial charge >= 0.3 is 0 Å². The summed E-state index contributed by atoms with van der Waals surface area (Å²) in [6.45, 7) is 2.30. The van der Waals surface area contributed by atoms with Gasteiger partial charge in [0, 0.05) is 5.56 Å². The Morgan fingerprint density at radius 1 is 1.04 bits per heavy atom. The van der Waals surface area contributed by atoms with Crippen LogP contribution in [-0.4, -0.2) is 30.3 Å². The van der Waals surface area contributed by atoms with Gasteiger partial charge in [-0.1, -0.05) is 29.0 Å². The van der Waals surface area contributed by atoms with Gasteiger partial charge in [0.05, 0.1) is 14.2 Å². The van der Waals surface area contributed by atoms with E-state index in [0.29, 0.717) is 27.2 Å². The van der Waals surface area contributed by atoms with Crippen molar-refractivity contribution in [3.05, 3.63) is 58.6 Å². The van der Waals surface area contributed by atoms with E-state index in [1.54, 1.807) is 25.3 Å². The summed E-state index contributed by atoms with van der Waals surface area (Å²) in [6.07, 6.45) is 0. The quantitative estimate of drug-likeness (QED) is 0.668. The highest BCUT2D eigenvalue weighted by atomic mass is 32.1. The Balaban J connectivity index is 1.61. The molecule has 1 heterocycles. The Kier molecular flexibility index (Phi) is 5.87. The zero-order valence-corrected chi connectivity index (χ0v) is 16.0. The van der Waals surface area contributed by atoms with Crippen LogP contribution in [0.1, 0.15) is 20.9 Å². The summed E-state index contributed by atoms with van der Waals surface area (Å²) in [5.74, 6) is 1.49. The molecule has 0 atom stereocenters. The summed E-state index contributed by atoms with van der Waals surface area (Å²) in [4.78, 5) is 12.4. The van der Waals surface area contributed by atoms with Gasteiger partial charge in [0.1, 0.15) is 12.4 Å². The number of hydrogen-bond acceptors (Lipinski definition) is 7. The van der Waals surface area contributed by atoms with Gasteiger partial charge in [0.2, 0.25) is 5.13 Å². The van der Waals surface area contributed by atoms with Crippen molar-refractivity contribution in [3.63, 3.8) is 0 Å². The van der Waals surface area contributed by atoms with E-state index in [4.69, 9.17) is 14.2 Å². The lowest BCUT2D eigenvalue weighted by Gasteiger charge is -2.08. The van der Waals surface area contributed by atoms with E-state index in [9.17, 15) is 4.79 Å². The van der Waals surface area contributed by atoms with Crippen molar-refractivity contribution < 1.29 is 19.0 Å². The predicted octanol–water partition coefficient (Wildman–Crippen LogP) is 3.70. The first-order valence-corrected chi connectivity index (χ1v) is 8.96. The molecular formula is C19H19N3O4S. The van der Waals surface area contributed by atoms with Crippen LogP contribution in [0.15, 0.2) is 42.5 Å².